The highest BCUT2D eigenvalue weighted by atomic mass is 32.2. The number of Topliss-reactive ketones (excluding diaryl/α,β-unsaturated/α-hetero) is 1. The Morgan fingerprint density at radius 3 is 2.42 bits per heavy atom. The van der Waals surface area contributed by atoms with Gasteiger partial charge in [0.25, 0.3) is 0 Å². The molecule has 0 N–H and O–H groups in total. The van der Waals surface area contributed by atoms with E-state index in [-0.39, 0.29) is 18.2 Å². The lowest BCUT2D eigenvalue weighted by Crippen LogP contribution is -2.42. The molecule has 0 aromatic heterocycles. The Balaban J connectivity index is 1.83. The molecule has 0 aliphatic carbocycles. The second-order valence-corrected chi connectivity index (χ2v) is 8.10. The van der Waals surface area contributed by atoms with Crippen molar-refractivity contribution in [3.63, 3.8) is 0 Å². The van der Waals surface area contributed by atoms with Gasteiger partial charge in [0.1, 0.15) is 0 Å². The molecule has 1 atom stereocenters. The molecule has 1 saturated heterocycles. The second-order valence-electron chi connectivity index (χ2n) is 6.20. The molecule has 1 aliphatic heterocycles. The fourth-order valence-corrected chi connectivity index (χ4v) is 4.95. The summed E-state index contributed by atoms with van der Waals surface area (Å²) < 4.78 is 27.3. The van der Waals surface area contributed by atoms with Gasteiger partial charge in [0, 0.05) is 24.6 Å². The van der Waals surface area contributed by atoms with Crippen LogP contribution < -0.4 is 0 Å². The van der Waals surface area contributed by atoms with Crippen LogP contribution in [0, 0.1) is 12.8 Å². The van der Waals surface area contributed by atoms with Gasteiger partial charge in [-0.05, 0) is 31.4 Å². The maximum absolute atomic E-state index is 12.9. The van der Waals surface area contributed by atoms with Gasteiger partial charge >= 0.3 is 0 Å². The third-order valence-electron chi connectivity index (χ3n) is 4.52. The molecule has 1 unspecified atom stereocenters. The molecule has 0 bridgehead atoms. The van der Waals surface area contributed by atoms with Gasteiger partial charge < -0.3 is 0 Å². The van der Waals surface area contributed by atoms with Crippen LogP contribution in [0.25, 0.3) is 0 Å². The van der Waals surface area contributed by atoms with E-state index >= 15 is 0 Å². The molecule has 0 saturated carbocycles. The Bertz CT molecular complexity index is 831. The third kappa shape index (κ3) is 3.28. The van der Waals surface area contributed by atoms with Crippen molar-refractivity contribution in [3.8, 4) is 0 Å². The van der Waals surface area contributed by atoms with Crippen LogP contribution in [0.2, 0.25) is 0 Å². The maximum Gasteiger partial charge on any atom is 0.243 e. The molecule has 24 heavy (non-hydrogen) atoms. The molecule has 1 fully saturated rings. The third-order valence-corrected chi connectivity index (χ3v) is 6.55. The minimum Gasteiger partial charge on any atom is -0.294 e. The number of carbonyl (C=O) groups is 1. The summed E-state index contributed by atoms with van der Waals surface area (Å²) in [6, 6.07) is 16.1. The monoisotopic (exact) mass is 343 g/mol. The molecule has 1 aliphatic rings. The van der Waals surface area contributed by atoms with Gasteiger partial charge in [0.2, 0.25) is 10.0 Å². The lowest BCUT2D eigenvalue weighted by atomic mass is 9.91. The number of benzene rings is 2. The normalized spacial score (nSPS) is 19.1. The zero-order chi connectivity index (χ0) is 17.2. The summed E-state index contributed by atoms with van der Waals surface area (Å²) in [6.45, 7) is 2.52. The molecule has 0 radical (unpaired) electrons. The first-order valence-corrected chi connectivity index (χ1v) is 9.59. The topological polar surface area (TPSA) is 54.5 Å². The molecule has 1 heterocycles. The van der Waals surface area contributed by atoms with Gasteiger partial charge in [-0.2, -0.15) is 4.31 Å². The van der Waals surface area contributed by atoms with Gasteiger partial charge in [-0.15, -0.1) is 0 Å². The van der Waals surface area contributed by atoms with E-state index in [0.717, 1.165) is 12.0 Å². The summed E-state index contributed by atoms with van der Waals surface area (Å²) in [7, 11) is -3.56. The number of nitrogens with zero attached hydrogens (tertiary/aromatic N) is 1. The Morgan fingerprint density at radius 2 is 1.71 bits per heavy atom. The molecular formula is C19H21NO3S. The summed E-state index contributed by atoms with van der Waals surface area (Å²) in [5.74, 6) is -0.250. The van der Waals surface area contributed by atoms with E-state index in [1.54, 1.807) is 37.3 Å². The van der Waals surface area contributed by atoms with E-state index in [2.05, 4.69) is 0 Å². The predicted octanol–water partition coefficient (Wildman–Crippen LogP) is 3.28. The number of hydrogen-bond acceptors (Lipinski definition) is 3. The van der Waals surface area contributed by atoms with E-state index in [4.69, 9.17) is 0 Å². The maximum atomic E-state index is 12.9. The van der Waals surface area contributed by atoms with E-state index < -0.39 is 10.0 Å². The average molecular weight is 343 g/mol. The molecule has 0 amide bonds. The minimum atomic E-state index is -3.56. The van der Waals surface area contributed by atoms with E-state index in [1.807, 2.05) is 24.3 Å². The molecular weight excluding hydrogens is 322 g/mol. The lowest BCUT2D eigenvalue weighted by Gasteiger charge is -2.31. The van der Waals surface area contributed by atoms with Crippen LogP contribution in [-0.4, -0.2) is 31.6 Å². The van der Waals surface area contributed by atoms with Gasteiger partial charge in [-0.1, -0.05) is 48.5 Å². The molecule has 3 rings (SSSR count). The van der Waals surface area contributed by atoms with Crippen LogP contribution in [0.4, 0.5) is 0 Å². The molecule has 5 heteroatoms. The highest BCUT2D eigenvalue weighted by Crippen LogP contribution is 2.27. The number of sulfonamides is 1. The quantitative estimate of drug-likeness (QED) is 0.801. The molecule has 2 aromatic rings. The smallest absolute Gasteiger partial charge is 0.243 e. The fraction of sp³-hybridized carbons (Fsp3) is 0.316. The summed E-state index contributed by atoms with van der Waals surface area (Å²) in [4.78, 5) is 13.0. The molecule has 4 nitrogen and oxygen atoms in total. The van der Waals surface area contributed by atoms with E-state index in [0.29, 0.717) is 23.4 Å². The SMILES string of the molecule is Cc1ccccc1S(=O)(=O)N1CCCC(C(=O)c2ccccc2)C1. The Labute approximate surface area is 143 Å². The van der Waals surface area contributed by atoms with Crippen molar-refractivity contribution in [1.82, 2.24) is 4.31 Å². The standard InChI is InChI=1S/C19H21NO3S/c1-15-8-5-6-12-18(15)24(22,23)20-13-7-11-17(14-20)19(21)16-9-3-2-4-10-16/h2-6,8-10,12,17H,7,11,13-14H2,1H3. The van der Waals surface area contributed by atoms with E-state index in [9.17, 15) is 13.2 Å². The van der Waals surface area contributed by atoms with Crippen LogP contribution in [0.1, 0.15) is 28.8 Å². The Kier molecular flexibility index (Phi) is 4.83. The fourth-order valence-electron chi connectivity index (χ4n) is 3.20. The molecule has 126 valence electrons. The van der Waals surface area contributed by atoms with Crippen LogP contribution in [0.3, 0.4) is 0 Å². The van der Waals surface area contributed by atoms with Gasteiger partial charge in [-0.25, -0.2) is 8.42 Å². The zero-order valence-corrected chi connectivity index (χ0v) is 14.5. The van der Waals surface area contributed by atoms with Crippen molar-refractivity contribution in [1.29, 1.82) is 0 Å². The first-order chi connectivity index (χ1) is 11.5. The van der Waals surface area contributed by atoms with Crippen molar-refractivity contribution < 1.29 is 13.2 Å². The summed E-state index contributed by atoms with van der Waals surface area (Å²) >= 11 is 0. The molecule has 2 aromatic carbocycles. The zero-order valence-electron chi connectivity index (χ0n) is 13.7. The van der Waals surface area contributed by atoms with Crippen molar-refractivity contribution in [2.45, 2.75) is 24.7 Å². The Morgan fingerprint density at radius 1 is 1.04 bits per heavy atom. The van der Waals surface area contributed by atoms with Crippen LogP contribution in [0.15, 0.2) is 59.5 Å². The van der Waals surface area contributed by atoms with Crippen molar-refractivity contribution in [2.24, 2.45) is 5.92 Å². The minimum absolute atomic E-state index is 0.0280. The highest BCUT2D eigenvalue weighted by Gasteiger charge is 2.34. The van der Waals surface area contributed by atoms with Gasteiger partial charge in [0.05, 0.1) is 4.90 Å². The number of hydrogen-bond donors (Lipinski definition) is 0. The van der Waals surface area contributed by atoms with Crippen molar-refractivity contribution in [2.75, 3.05) is 13.1 Å². The first kappa shape index (κ1) is 16.9. The van der Waals surface area contributed by atoms with Gasteiger partial charge in [-0.3, -0.25) is 4.79 Å². The lowest BCUT2D eigenvalue weighted by molar-refractivity contribution is 0.0872. The predicted molar refractivity (Wildman–Crippen MR) is 93.4 cm³/mol. The number of aryl methyl sites for hydroxylation is 1. The van der Waals surface area contributed by atoms with Crippen LogP contribution in [-0.2, 0) is 10.0 Å². The number of ketones is 1. The first-order valence-electron chi connectivity index (χ1n) is 8.15. The number of piperidine rings is 1. The largest absolute Gasteiger partial charge is 0.294 e. The number of carbonyl (C=O) groups excluding carboxylic acids is 1. The van der Waals surface area contributed by atoms with Gasteiger partial charge in [0.15, 0.2) is 5.78 Å². The van der Waals surface area contributed by atoms with Crippen molar-refractivity contribution >= 4 is 15.8 Å². The molecule has 0 spiro atoms. The second kappa shape index (κ2) is 6.87. The summed E-state index contributed by atoms with van der Waals surface area (Å²) in [5, 5.41) is 0. The van der Waals surface area contributed by atoms with Crippen LogP contribution in [0.5, 0.6) is 0 Å². The van der Waals surface area contributed by atoms with Crippen molar-refractivity contribution in [3.05, 3.63) is 65.7 Å². The van der Waals surface area contributed by atoms with Crippen LogP contribution >= 0.6 is 0 Å². The summed E-state index contributed by atoms with van der Waals surface area (Å²) in [6.07, 6.45) is 1.43. The number of rotatable bonds is 4. The summed E-state index contributed by atoms with van der Waals surface area (Å²) in [5.41, 5.74) is 1.38. The highest BCUT2D eigenvalue weighted by molar-refractivity contribution is 7.89. The average Bonchev–Trinajstić information content (AvgIpc) is 2.62. The Hall–Kier alpha value is -1.98. The van der Waals surface area contributed by atoms with E-state index in [1.165, 1.54) is 4.31 Å².